The van der Waals surface area contributed by atoms with Crippen molar-refractivity contribution in [3.05, 3.63) is 36.6 Å². The molecule has 27 heavy (non-hydrogen) atoms. The lowest BCUT2D eigenvalue weighted by Gasteiger charge is -1.94. The molecule has 0 aromatic carbocycles. The Labute approximate surface area is 167 Å². The molecule has 0 aliphatic carbocycles. The number of carbonyl (C=O) groups excluding carboxylic acids is 3. The number of hydrogen-bond acceptors (Lipinski definition) is 5. The van der Waals surface area contributed by atoms with E-state index in [9.17, 15) is 14.4 Å². The van der Waals surface area contributed by atoms with Gasteiger partial charge in [-0.05, 0) is 46.3 Å². The van der Waals surface area contributed by atoms with Crippen molar-refractivity contribution in [1.29, 1.82) is 0 Å². The highest BCUT2D eigenvalue weighted by molar-refractivity contribution is 5.91. The van der Waals surface area contributed by atoms with Crippen LogP contribution in [0, 0.1) is 5.92 Å². The van der Waals surface area contributed by atoms with Gasteiger partial charge in [0.2, 0.25) is 0 Å². The van der Waals surface area contributed by atoms with E-state index >= 15 is 0 Å². The number of carbonyl (C=O) groups is 3. The van der Waals surface area contributed by atoms with E-state index in [1.807, 2.05) is 13.8 Å². The molecule has 0 amide bonds. The summed E-state index contributed by atoms with van der Waals surface area (Å²) in [7, 11) is 0. The van der Waals surface area contributed by atoms with Crippen LogP contribution in [0.1, 0.15) is 70.2 Å². The highest BCUT2D eigenvalue weighted by Gasteiger charge is 2.23. The number of allylic oxidation sites excluding steroid dienone is 4. The van der Waals surface area contributed by atoms with Crippen LogP contribution in [0.15, 0.2) is 36.6 Å². The average molecular weight is 387 g/mol. The fourth-order valence-electron chi connectivity index (χ4n) is 0.983. The first-order chi connectivity index (χ1) is 11.0. The van der Waals surface area contributed by atoms with Gasteiger partial charge in [-0.15, -0.1) is 0 Å². The zero-order valence-corrected chi connectivity index (χ0v) is 15.7. The number of rotatable bonds is 2. The Bertz CT molecular complexity index is 473. The number of hydrogen-bond donors (Lipinski definition) is 0. The minimum absolute atomic E-state index is 0. The lowest BCUT2D eigenvalue weighted by molar-refractivity contribution is -0.135. The van der Waals surface area contributed by atoms with E-state index in [1.165, 1.54) is 19.9 Å². The van der Waals surface area contributed by atoms with Gasteiger partial charge in [0.15, 0.2) is 11.6 Å². The zero-order valence-electron chi connectivity index (χ0n) is 15.7. The molecule has 0 aromatic heterocycles. The maximum atomic E-state index is 10.4. The number of cyclic esters (lactones) is 1. The molecule has 2 fully saturated rings. The van der Waals surface area contributed by atoms with E-state index in [1.54, 1.807) is 13.0 Å². The Kier molecular flexibility index (Phi) is 27.1. The molecular weight excluding hydrogens is 344 g/mol. The molecule has 2 heterocycles. The number of epoxide rings is 1. The van der Waals surface area contributed by atoms with Gasteiger partial charge in [-0.3, -0.25) is 14.4 Å². The third-order valence-electron chi connectivity index (χ3n) is 2.77. The van der Waals surface area contributed by atoms with Crippen LogP contribution in [0.4, 0.5) is 0 Å². The van der Waals surface area contributed by atoms with Crippen LogP contribution < -0.4 is 0 Å². The lowest BCUT2D eigenvalue weighted by atomic mass is 10.1. The molecule has 0 saturated carbocycles. The number of Topliss-reactive ketones (excluding diaryl/α,β-unsaturated/α-hetero) is 1. The van der Waals surface area contributed by atoms with Gasteiger partial charge in [-0.25, -0.2) is 0 Å². The van der Waals surface area contributed by atoms with Crippen LogP contribution in [-0.2, 0) is 23.9 Å². The van der Waals surface area contributed by atoms with Crippen LogP contribution in [-0.4, -0.2) is 30.2 Å². The Balaban J connectivity index is -0.0000000786. The molecule has 2 saturated heterocycles. The van der Waals surface area contributed by atoms with E-state index in [2.05, 4.69) is 24.8 Å². The molecule has 5 nitrogen and oxygen atoms in total. The van der Waals surface area contributed by atoms with Gasteiger partial charge < -0.3 is 9.47 Å². The monoisotopic (exact) mass is 386 g/mol. The molecule has 0 spiro atoms. The molecule has 2 aliphatic rings. The van der Waals surface area contributed by atoms with Crippen molar-refractivity contribution < 1.29 is 23.9 Å². The summed E-state index contributed by atoms with van der Waals surface area (Å²) in [5.74, 6) is 0.854. The van der Waals surface area contributed by atoms with Crippen LogP contribution in [0.3, 0.4) is 0 Å². The predicted molar refractivity (Wildman–Crippen MR) is 116 cm³/mol. The minimum Gasteiger partial charge on any atom is -0.431 e. The van der Waals surface area contributed by atoms with E-state index in [0.29, 0.717) is 23.9 Å². The maximum Gasteiger partial charge on any atom is 0.311 e. The lowest BCUT2D eigenvalue weighted by Crippen LogP contribution is -1.88. The normalized spacial score (nSPS) is 18.1. The minimum atomic E-state index is -0.150. The summed E-state index contributed by atoms with van der Waals surface area (Å²) in [5, 5.41) is 0. The molecule has 0 N–H and O–H groups in total. The molecular formula is C22H42O5. The second-order valence-electron chi connectivity index (χ2n) is 5.64. The first-order valence-electron chi connectivity index (χ1n) is 7.81. The molecule has 0 bridgehead atoms. The van der Waals surface area contributed by atoms with Gasteiger partial charge in [0, 0.05) is 5.92 Å². The van der Waals surface area contributed by atoms with Gasteiger partial charge in [-0.2, -0.15) is 0 Å². The van der Waals surface area contributed by atoms with Crippen molar-refractivity contribution in [3.8, 4) is 0 Å². The Morgan fingerprint density at radius 1 is 1.11 bits per heavy atom. The van der Waals surface area contributed by atoms with Crippen molar-refractivity contribution >= 4 is 17.5 Å². The number of esters is 1. The van der Waals surface area contributed by atoms with Gasteiger partial charge in [0.25, 0.3) is 0 Å². The first-order valence-corrected chi connectivity index (χ1v) is 7.81. The van der Waals surface area contributed by atoms with E-state index in [0.717, 1.165) is 6.61 Å². The largest absolute Gasteiger partial charge is 0.431 e. The van der Waals surface area contributed by atoms with Gasteiger partial charge in [-0.1, -0.05) is 48.4 Å². The van der Waals surface area contributed by atoms with Gasteiger partial charge >= 0.3 is 5.97 Å². The Hall–Kier alpha value is -2.01. The van der Waals surface area contributed by atoms with Crippen molar-refractivity contribution in [1.82, 2.24) is 0 Å². The highest BCUT2D eigenvalue weighted by atomic mass is 16.6. The topological polar surface area (TPSA) is 73.0 Å². The summed E-state index contributed by atoms with van der Waals surface area (Å²) in [6.07, 6.45) is 4.33. The summed E-state index contributed by atoms with van der Waals surface area (Å²) < 4.78 is 9.35. The summed E-state index contributed by atoms with van der Waals surface area (Å²) in [6, 6.07) is 0. The summed E-state index contributed by atoms with van der Waals surface area (Å²) in [6.45, 7) is 18.5. The van der Waals surface area contributed by atoms with E-state index in [4.69, 9.17) is 4.74 Å². The van der Waals surface area contributed by atoms with Gasteiger partial charge in [0.05, 0.1) is 19.1 Å². The quantitative estimate of drug-likeness (QED) is 0.346. The van der Waals surface area contributed by atoms with E-state index < -0.39 is 0 Å². The van der Waals surface area contributed by atoms with Crippen LogP contribution in [0.2, 0.25) is 0 Å². The molecule has 2 aliphatic heterocycles. The standard InChI is InChI=1S/C6H8O2.2C5H8O.C3H6O.3CH4/c1-4-3-6(7)8-5(4)2;1-4(2)5(3)6;1-3-4-5(2)6;1-3-2-4-3;;;/h4H,2-3H2,1H3;1H2,2-3H3;3-4H,1-2H3;3H,2H2,1H3;3*1H4/b;;4-3+;;;;. The van der Waals surface area contributed by atoms with Crippen molar-refractivity contribution in [3.63, 3.8) is 0 Å². The second-order valence-corrected chi connectivity index (χ2v) is 5.64. The molecule has 0 radical (unpaired) electrons. The molecule has 2 unspecified atom stereocenters. The summed E-state index contributed by atoms with van der Waals surface area (Å²) in [5.41, 5.74) is 0.620. The molecule has 5 heteroatoms. The van der Waals surface area contributed by atoms with Gasteiger partial charge in [0.1, 0.15) is 5.76 Å². The Morgan fingerprint density at radius 2 is 1.48 bits per heavy atom. The SMILES string of the molecule is C.C.C.C/C=C/C(C)=O.C=C(C)C(C)=O.C=C1OC(=O)CC1C.CC1CO1. The summed E-state index contributed by atoms with van der Waals surface area (Å²) >= 11 is 0. The molecule has 2 atom stereocenters. The highest BCUT2D eigenvalue weighted by Crippen LogP contribution is 2.22. The average Bonchev–Trinajstić information content (AvgIpc) is 3.16. The van der Waals surface area contributed by atoms with Crippen molar-refractivity contribution in [2.24, 2.45) is 5.92 Å². The predicted octanol–water partition coefficient (Wildman–Crippen LogP) is 5.70. The first kappa shape index (κ1) is 36.0. The fourth-order valence-corrected chi connectivity index (χ4v) is 0.983. The molecule has 2 rings (SSSR count). The zero-order chi connectivity index (χ0) is 19.3. The molecule has 160 valence electrons. The van der Waals surface area contributed by atoms with Crippen LogP contribution in [0.25, 0.3) is 0 Å². The summed E-state index contributed by atoms with van der Waals surface area (Å²) in [4.78, 5) is 30.4. The van der Waals surface area contributed by atoms with Crippen molar-refractivity contribution in [2.75, 3.05) is 6.61 Å². The van der Waals surface area contributed by atoms with Crippen LogP contribution in [0.5, 0.6) is 0 Å². The smallest absolute Gasteiger partial charge is 0.311 e. The van der Waals surface area contributed by atoms with E-state index in [-0.39, 0.29) is 45.7 Å². The number of ether oxygens (including phenoxy) is 2. The Morgan fingerprint density at radius 3 is 1.52 bits per heavy atom. The third-order valence-corrected chi connectivity index (χ3v) is 2.77. The second kappa shape index (κ2) is 20.3. The maximum absolute atomic E-state index is 10.4. The van der Waals surface area contributed by atoms with Crippen molar-refractivity contribution in [2.45, 2.75) is 76.3 Å². The fraction of sp³-hybridized carbons (Fsp3) is 0.591. The third kappa shape index (κ3) is 29.0. The number of ketones is 2. The van der Waals surface area contributed by atoms with Crippen LogP contribution >= 0.6 is 0 Å². The molecule has 0 aromatic rings.